The van der Waals surface area contributed by atoms with Gasteiger partial charge in [0.05, 0.1) is 5.56 Å². The second-order valence-electron chi connectivity index (χ2n) is 7.04. The van der Waals surface area contributed by atoms with Gasteiger partial charge in [-0.2, -0.15) is 0 Å². The van der Waals surface area contributed by atoms with E-state index in [4.69, 9.17) is 5.73 Å². The molecule has 4 aromatic carbocycles. The lowest BCUT2D eigenvalue weighted by Gasteiger charge is -2.37. The number of carbonyl (C=O) groups is 1. The van der Waals surface area contributed by atoms with Crippen LogP contribution in [0.2, 0.25) is 0 Å². The molecule has 0 saturated heterocycles. The van der Waals surface area contributed by atoms with Crippen molar-refractivity contribution in [3.8, 4) is 0 Å². The standard InChI is InChI=1S/C26H21IN2O/c27-24-17-16-22(28)18-23(24)25(30)29-26(19-10-4-1-5-11-19,20-12-6-2-7-13-20)21-14-8-3-9-15-21/h1-18H,28H2,(H,29,30). The van der Waals surface area contributed by atoms with Crippen molar-refractivity contribution in [2.45, 2.75) is 5.54 Å². The molecule has 4 aromatic rings. The first-order valence-electron chi connectivity index (χ1n) is 9.65. The van der Waals surface area contributed by atoms with Crippen LogP contribution in [0, 0.1) is 3.57 Å². The predicted molar refractivity (Wildman–Crippen MR) is 130 cm³/mol. The lowest BCUT2D eigenvalue weighted by atomic mass is 9.77. The highest BCUT2D eigenvalue weighted by molar-refractivity contribution is 14.1. The third kappa shape index (κ3) is 3.83. The van der Waals surface area contributed by atoms with Gasteiger partial charge >= 0.3 is 0 Å². The van der Waals surface area contributed by atoms with Crippen LogP contribution in [0.1, 0.15) is 27.0 Å². The zero-order valence-electron chi connectivity index (χ0n) is 16.3. The molecule has 4 heteroatoms. The predicted octanol–water partition coefficient (Wildman–Crippen LogP) is 5.60. The molecule has 0 aliphatic rings. The van der Waals surface area contributed by atoms with Gasteiger partial charge in [0, 0.05) is 9.26 Å². The zero-order valence-corrected chi connectivity index (χ0v) is 18.4. The van der Waals surface area contributed by atoms with Crippen molar-refractivity contribution >= 4 is 34.2 Å². The van der Waals surface area contributed by atoms with Crippen LogP contribution in [0.3, 0.4) is 0 Å². The lowest BCUT2D eigenvalue weighted by molar-refractivity contribution is 0.0924. The number of nitrogen functional groups attached to an aromatic ring is 1. The minimum absolute atomic E-state index is 0.178. The van der Waals surface area contributed by atoms with E-state index in [1.807, 2.05) is 97.1 Å². The maximum atomic E-state index is 13.6. The molecule has 0 aliphatic heterocycles. The van der Waals surface area contributed by atoms with Gasteiger partial charge in [-0.3, -0.25) is 4.79 Å². The summed E-state index contributed by atoms with van der Waals surface area (Å²) in [5.41, 5.74) is 9.19. The quantitative estimate of drug-likeness (QED) is 0.211. The molecule has 30 heavy (non-hydrogen) atoms. The van der Waals surface area contributed by atoms with Crippen LogP contribution in [0.15, 0.2) is 109 Å². The number of benzene rings is 4. The topological polar surface area (TPSA) is 55.1 Å². The van der Waals surface area contributed by atoms with Crippen LogP contribution in [0.25, 0.3) is 0 Å². The average Bonchev–Trinajstić information content (AvgIpc) is 2.80. The van der Waals surface area contributed by atoms with Crippen LogP contribution in [-0.4, -0.2) is 5.91 Å². The van der Waals surface area contributed by atoms with Crippen LogP contribution in [0.5, 0.6) is 0 Å². The molecule has 0 aromatic heterocycles. The third-order valence-electron chi connectivity index (χ3n) is 5.16. The van der Waals surface area contributed by atoms with Gasteiger partial charge in [0.1, 0.15) is 5.54 Å². The number of hydrogen-bond donors (Lipinski definition) is 2. The third-order valence-corrected chi connectivity index (χ3v) is 6.10. The van der Waals surface area contributed by atoms with E-state index >= 15 is 0 Å². The van der Waals surface area contributed by atoms with E-state index in [1.165, 1.54) is 0 Å². The Bertz CT molecular complexity index is 1050. The highest BCUT2D eigenvalue weighted by Crippen LogP contribution is 2.37. The summed E-state index contributed by atoms with van der Waals surface area (Å²) in [7, 11) is 0. The van der Waals surface area contributed by atoms with Crippen molar-refractivity contribution in [1.29, 1.82) is 0 Å². The maximum Gasteiger partial charge on any atom is 0.253 e. The van der Waals surface area contributed by atoms with Gasteiger partial charge in [-0.05, 0) is 57.5 Å². The van der Waals surface area contributed by atoms with Crippen molar-refractivity contribution in [3.63, 3.8) is 0 Å². The van der Waals surface area contributed by atoms with Gasteiger partial charge in [0.25, 0.3) is 5.91 Å². The summed E-state index contributed by atoms with van der Waals surface area (Å²) in [6.45, 7) is 0. The largest absolute Gasteiger partial charge is 0.399 e. The summed E-state index contributed by atoms with van der Waals surface area (Å²) in [5, 5.41) is 3.36. The second-order valence-corrected chi connectivity index (χ2v) is 8.20. The molecule has 3 nitrogen and oxygen atoms in total. The lowest BCUT2D eigenvalue weighted by Crippen LogP contribution is -2.48. The molecular weight excluding hydrogens is 483 g/mol. The van der Waals surface area contributed by atoms with E-state index in [0.29, 0.717) is 11.3 Å². The minimum atomic E-state index is -0.853. The summed E-state index contributed by atoms with van der Waals surface area (Å²) in [5.74, 6) is -0.178. The van der Waals surface area contributed by atoms with Gasteiger partial charge in [0.2, 0.25) is 0 Å². The fourth-order valence-corrected chi connectivity index (χ4v) is 4.32. The Kier molecular flexibility index (Phi) is 5.86. The molecule has 0 radical (unpaired) electrons. The number of halogens is 1. The van der Waals surface area contributed by atoms with Gasteiger partial charge in [0.15, 0.2) is 0 Å². The second kappa shape index (κ2) is 8.71. The molecule has 0 atom stereocenters. The summed E-state index contributed by atoms with van der Waals surface area (Å²) in [6, 6.07) is 35.6. The van der Waals surface area contributed by atoms with Gasteiger partial charge < -0.3 is 11.1 Å². The number of rotatable bonds is 5. The molecule has 3 N–H and O–H groups in total. The van der Waals surface area contributed by atoms with Gasteiger partial charge in [-0.25, -0.2) is 0 Å². The Morgan fingerprint density at radius 3 is 1.57 bits per heavy atom. The van der Waals surface area contributed by atoms with Crippen molar-refractivity contribution in [1.82, 2.24) is 5.32 Å². The zero-order chi connectivity index (χ0) is 21.0. The Morgan fingerprint density at radius 1 is 0.700 bits per heavy atom. The van der Waals surface area contributed by atoms with Gasteiger partial charge in [-0.1, -0.05) is 91.0 Å². The number of carbonyl (C=O) groups excluding carboxylic acids is 1. The number of anilines is 1. The highest BCUT2D eigenvalue weighted by atomic mass is 127. The molecule has 0 bridgehead atoms. The average molecular weight is 504 g/mol. The smallest absolute Gasteiger partial charge is 0.253 e. The Labute approximate surface area is 190 Å². The fourth-order valence-electron chi connectivity index (χ4n) is 3.74. The SMILES string of the molecule is Nc1ccc(I)c(C(=O)NC(c2ccccc2)(c2ccccc2)c2ccccc2)c1. The minimum Gasteiger partial charge on any atom is -0.399 e. The van der Waals surface area contributed by atoms with Crippen molar-refractivity contribution < 1.29 is 4.79 Å². The van der Waals surface area contributed by atoms with E-state index in [9.17, 15) is 4.79 Å². The molecule has 0 unspecified atom stereocenters. The Balaban J connectivity index is 1.95. The maximum absolute atomic E-state index is 13.6. The summed E-state index contributed by atoms with van der Waals surface area (Å²) >= 11 is 2.17. The highest BCUT2D eigenvalue weighted by Gasteiger charge is 2.38. The Morgan fingerprint density at radius 2 is 1.13 bits per heavy atom. The molecular formula is C26H21IN2O. The summed E-state index contributed by atoms with van der Waals surface area (Å²) in [4.78, 5) is 13.6. The molecule has 148 valence electrons. The fraction of sp³-hybridized carbons (Fsp3) is 0.0385. The first-order valence-corrected chi connectivity index (χ1v) is 10.7. The van der Waals surface area contributed by atoms with Crippen molar-refractivity contribution in [2.75, 3.05) is 5.73 Å². The first-order chi connectivity index (χ1) is 14.6. The van der Waals surface area contributed by atoms with Crippen molar-refractivity contribution in [3.05, 3.63) is 135 Å². The number of nitrogens with two attached hydrogens (primary N) is 1. The van der Waals surface area contributed by atoms with Crippen LogP contribution >= 0.6 is 22.6 Å². The van der Waals surface area contributed by atoms with E-state index in [-0.39, 0.29) is 5.91 Å². The van der Waals surface area contributed by atoms with Crippen LogP contribution in [0.4, 0.5) is 5.69 Å². The molecule has 0 aliphatic carbocycles. The van der Waals surface area contributed by atoms with E-state index in [2.05, 4.69) is 27.9 Å². The van der Waals surface area contributed by atoms with Crippen LogP contribution < -0.4 is 11.1 Å². The monoisotopic (exact) mass is 504 g/mol. The number of nitrogens with one attached hydrogen (secondary N) is 1. The summed E-state index contributed by atoms with van der Waals surface area (Å²) in [6.07, 6.45) is 0. The molecule has 1 amide bonds. The Hall–Kier alpha value is -3.12. The first kappa shape index (κ1) is 20.2. The van der Waals surface area contributed by atoms with E-state index in [1.54, 1.807) is 12.1 Å². The van der Waals surface area contributed by atoms with Gasteiger partial charge in [-0.15, -0.1) is 0 Å². The molecule has 0 saturated carbocycles. The molecule has 0 spiro atoms. The van der Waals surface area contributed by atoms with E-state index < -0.39 is 5.54 Å². The van der Waals surface area contributed by atoms with Crippen LogP contribution in [-0.2, 0) is 5.54 Å². The van der Waals surface area contributed by atoms with E-state index in [0.717, 1.165) is 20.3 Å². The number of amides is 1. The molecule has 4 rings (SSSR count). The summed E-state index contributed by atoms with van der Waals surface area (Å²) < 4.78 is 0.849. The molecule has 0 fully saturated rings. The van der Waals surface area contributed by atoms with Crippen molar-refractivity contribution in [2.24, 2.45) is 0 Å². The molecule has 0 heterocycles. The normalized spacial score (nSPS) is 11.1. The number of hydrogen-bond acceptors (Lipinski definition) is 2.